The molecule has 4 rings (SSSR count). The van der Waals surface area contributed by atoms with E-state index in [9.17, 15) is 20.0 Å². The van der Waals surface area contributed by atoms with Crippen LogP contribution in [0.15, 0.2) is 18.2 Å². The van der Waals surface area contributed by atoms with E-state index in [2.05, 4.69) is 16.3 Å². The third-order valence-corrected chi connectivity index (χ3v) is 6.94. The second-order valence-electron chi connectivity index (χ2n) is 8.79. The Bertz CT molecular complexity index is 874. The first kappa shape index (κ1) is 20.5. The Kier molecular flexibility index (Phi) is 5.56. The first-order valence-electron chi connectivity index (χ1n) is 10.7. The van der Waals surface area contributed by atoms with Gasteiger partial charge in [0.15, 0.2) is 0 Å². The summed E-state index contributed by atoms with van der Waals surface area (Å²) in [5.41, 5.74) is 1.09. The number of amides is 2. The normalized spacial score (nSPS) is 29.1. The molecule has 30 heavy (non-hydrogen) atoms. The molecule has 1 saturated carbocycles. The summed E-state index contributed by atoms with van der Waals surface area (Å²) in [7, 11) is 0. The molecule has 2 saturated heterocycles. The number of likely N-dealkylation sites (tertiary alicyclic amines) is 1. The maximum absolute atomic E-state index is 13.5. The number of nitriles is 1. The molecule has 0 bridgehead atoms. The van der Waals surface area contributed by atoms with E-state index in [0.717, 1.165) is 63.7 Å². The van der Waals surface area contributed by atoms with Crippen LogP contribution in [0.2, 0.25) is 0 Å². The van der Waals surface area contributed by atoms with Crippen molar-refractivity contribution in [3.63, 3.8) is 0 Å². The predicted octanol–water partition coefficient (Wildman–Crippen LogP) is 2.77. The summed E-state index contributed by atoms with van der Waals surface area (Å²) in [6.07, 6.45) is 4.40. The molecule has 2 amide bonds. The van der Waals surface area contributed by atoms with Crippen molar-refractivity contribution >= 4 is 23.4 Å². The monoisotopic (exact) mass is 412 g/mol. The van der Waals surface area contributed by atoms with Crippen molar-refractivity contribution in [2.75, 3.05) is 29.9 Å². The highest BCUT2D eigenvalue weighted by Crippen LogP contribution is 2.44. The summed E-state index contributed by atoms with van der Waals surface area (Å²) in [6, 6.07) is 7.36. The molecule has 3 aliphatic rings. The number of carbonyl (C=O) groups is 2. The minimum absolute atomic E-state index is 0.219. The van der Waals surface area contributed by atoms with Crippen molar-refractivity contribution in [1.29, 1.82) is 5.26 Å². The number of hydrogen-bond donors (Lipinski definition) is 3. The molecule has 1 aromatic carbocycles. The molecule has 2 heterocycles. The van der Waals surface area contributed by atoms with Gasteiger partial charge in [0.2, 0.25) is 5.91 Å². The van der Waals surface area contributed by atoms with Gasteiger partial charge in [-0.15, -0.1) is 0 Å². The van der Waals surface area contributed by atoms with Crippen LogP contribution in [-0.2, 0) is 4.79 Å². The van der Waals surface area contributed by atoms with Crippen LogP contribution < -0.4 is 10.2 Å². The lowest BCUT2D eigenvalue weighted by atomic mass is 9.78. The Hall–Kier alpha value is -2.79. The lowest BCUT2D eigenvalue weighted by Crippen LogP contribution is -2.50. The predicted molar refractivity (Wildman–Crippen MR) is 111 cm³/mol. The number of anilines is 2. The summed E-state index contributed by atoms with van der Waals surface area (Å²) in [6.45, 7) is 2.11. The summed E-state index contributed by atoms with van der Waals surface area (Å²) < 4.78 is 0. The van der Waals surface area contributed by atoms with Crippen molar-refractivity contribution in [2.24, 2.45) is 5.41 Å². The van der Waals surface area contributed by atoms with Gasteiger partial charge in [0.1, 0.15) is 6.07 Å². The number of aliphatic hydroxyl groups excluding tert-OH is 1. The first-order valence-corrected chi connectivity index (χ1v) is 10.7. The SMILES string of the molecule is N#Cc1cc(NC(=O)O)ccc1N1CCC[C@]2(CCN([C@H]3CC[C@H](O)CC3)C2=O)C1. The van der Waals surface area contributed by atoms with E-state index >= 15 is 0 Å². The molecule has 160 valence electrons. The smallest absolute Gasteiger partial charge is 0.409 e. The van der Waals surface area contributed by atoms with E-state index in [1.807, 2.05) is 4.90 Å². The number of carbonyl (C=O) groups excluding carboxylic acids is 1. The van der Waals surface area contributed by atoms with Crippen LogP contribution >= 0.6 is 0 Å². The number of nitrogens with one attached hydrogen (secondary N) is 1. The minimum atomic E-state index is -1.17. The molecule has 1 spiro atoms. The Morgan fingerprint density at radius 2 is 1.97 bits per heavy atom. The number of piperidine rings is 1. The zero-order valence-corrected chi connectivity index (χ0v) is 17.0. The second-order valence-corrected chi connectivity index (χ2v) is 8.79. The largest absolute Gasteiger partial charge is 0.465 e. The fourth-order valence-electron chi connectivity index (χ4n) is 5.38. The Balaban J connectivity index is 1.52. The van der Waals surface area contributed by atoms with E-state index in [1.165, 1.54) is 0 Å². The standard InChI is InChI=1S/C22H28N4O4/c23-13-15-12-16(24-21(29)30)2-7-19(15)25-10-1-8-22(14-25)9-11-26(20(22)28)17-3-5-18(27)6-4-17/h2,7,12,17-18,24,27H,1,3-6,8-11,14H2,(H,29,30)/t17-,18-,22-/m0/s1. The quantitative estimate of drug-likeness (QED) is 0.703. The van der Waals surface area contributed by atoms with Gasteiger partial charge in [0.25, 0.3) is 0 Å². The van der Waals surface area contributed by atoms with Crippen LogP contribution in [0.1, 0.15) is 50.5 Å². The fraction of sp³-hybridized carbons (Fsp3) is 0.591. The van der Waals surface area contributed by atoms with Gasteiger partial charge in [-0.3, -0.25) is 10.1 Å². The lowest BCUT2D eigenvalue weighted by molar-refractivity contribution is -0.139. The molecule has 8 heteroatoms. The highest BCUT2D eigenvalue weighted by Gasteiger charge is 2.50. The van der Waals surface area contributed by atoms with Gasteiger partial charge in [0, 0.05) is 31.4 Å². The van der Waals surface area contributed by atoms with Crippen molar-refractivity contribution < 1.29 is 19.8 Å². The molecule has 0 unspecified atom stereocenters. The van der Waals surface area contributed by atoms with Crippen LogP contribution in [0.5, 0.6) is 0 Å². The Morgan fingerprint density at radius 3 is 2.67 bits per heavy atom. The van der Waals surface area contributed by atoms with Gasteiger partial charge in [-0.1, -0.05) is 0 Å². The molecular formula is C22H28N4O4. The van der Waals surface area contributed by atoms with Crippen molar-refractivity contribution in [3.05, 3.63) is 23.8 Å². The van der Waals surface area contributed by atoms with Crippen LogP contribution in [0.3, 0.4) is 0 Å². The number of hydrogen-bond acceptors (Lipinski definition) is 5. The third kappa shape index (κ3) is 3.82. The molecule has 1 aromatic rings. The molecule has 3 fully saturated rings. The van der Waals surface area contributed by atoms with Gasteiger partial charge in [0.05, 0.1) is 22.8 Å². The number of benzene rings is 1. The van der Waals surface area contributed by atoms with E-state index < -0.39 is 11.5 Å². The first-order chi connectivity index (χ1) is 14.4. The molecular weight excluding hydrogens is 384 g/mol. The van der Waals surface area contributed by atoms with Gasteiger partial charge in [-0.05, 0) is 63.1 Å². The second kappa shape index (κ2) is 8.15. The molecule has 2 aliphatic heterocycles. The minimum Gasteiger partial charge on any atom is -0.465 e. The van der Waals surface area contributed by atoms with E-state index in [4.69, 9.17) is 5.11 Å². The molecule has 0 aromatic heterocycles. The zero-order chi connectivity index (χ0) is 21.3. The fourth-order valence-corrected chi connectivity index (χ4v) is 5.38. The van der Waals surface area contributed by atoms with Crippen molar-refractivity contribution in [1.82, 2.24) is 4.90 Å². The Labute approximate surface area is 176 Å². The maximum Gasteiger partial charge on any atom is 0.409 e. The number of aliphatic hydroxyl groups is 1. The lowest BCUT2D eigenvalue weighted by Gasteiger charge is -2.41. The summed E-state index contributed by atoms with van der Waals surface area (Å²) in [4.78, 5) is 28.5. The molecule has 3 N–H and O–H groups in total. The number of carboxylic acid groups (broad SMARTS) is 1. The van der Waals surface area contributed by atoms with Crippen LogP contribution in [0.4, 0.5) is 16.2 Å². The molecule has 1 atom stereocenters. The van der Waals surface area contributed by atoms with E-state index in [0.29, 0.717) is 17.8 Å². The number of nitrogens with zero attached hydrogens (tertiary/aromatic N) is 3. The van der Waals surface area contributed by atoms with Gasteiger partial charge < -0.3 is 20.0 Å². The average molecular weight is 412 g/mol. The summed E-state index contributed by atoms with van der Waals surface area (Å²) in [5.74, 6) is 0.219. The summed E-state index contributed by atoms with van der Waals surface area (Å²) in [5, 5.41) is 30.6. The zero-order valence-electron chi connectivity index (χ0n) is 17.0. The average Bonchev–Trinajstić information content (AvgIpc) is 3.03. The van der Waals surface area contributed by atoms with E-state index in [1.54, 1.807) is 18.2 Å². The topological polar surface area (TPSA) is 117 Å². The highest BCUT2D eigenvalue weighted by molar-refractivity contribution is 5.87. The van der Waals surface area contributed by atoms with Gasteiger partial charge >= 0.3 is 6.09 Å². The van der Waals surface area contributed by atoms with Crippen LogP contribution in [-0.4, -0.2) is 58.9 Å². The molecule has 8 nitrogen and oxygen atoms in total. The van der Waals surface area contributed by atoms with Gasteiger partial charge in [-0.2, -0.15) is 5.26 Å². The van der Waals surface area contributed by atoms with Crippen molar-refractivity contribution in [3.8, 4) is 6.07 Å². The Morgan fingerprint density at radius 1 is 1.20 bits per heavy atom. The highest BCUT2D eigenvalue weighted by atomic mass is 16.4. The van der Waals surface area contributed by atoms with Crippen molar-refractivity contribution in [2.45, 2.75) is 57.1 Å². The maximum atomic E-state index is 13.5. The molecule has 0 radical (unpaired) electrons. The number of rotatable bonds is 3. The van der Waals surface area contributed by atoms with Crippen LogP contribution in [0, 0.1) is 16.7 Å². The molecule has 1 aliphatic carbocycles. The van der Waals surface area contributed by atoms with Gasteiger partial charge in [-0.25, -0.2) is 4.79 Å². The van der Waals surface area contributed by atoms with Crippen LogP contribution in [0.25, 0.3) is 0 Å². The third-order valence-electron chi connectivity index (χ3n) is 6.94. The summed E-state index contributed by atoms with van der Waals surface area (Å²) >= 11 is 0. The van der Waals surface area contributed by atoms with E-state index in [-0.39, 0.29) is 18.1 Å².